The lowest BCUT2D eigenvalue weighted by Crippen LogP contribution is -2.50. The van der Waals surface area contributed by atoms with Gasteiger partial charge < -0.3 is 9.64 Å². The standard InChI is InChI=1S/C21H20Cl2F2N2O3/c1-21(2,3)30-20(29)27-16-6-5-12(22)7-11(16)8-18(27)19(28)26(4)17-9-13(23)14(24)10-15(17)25/h5-7,9-10,18H,8H2,1-4H3. The summed E-state index contributed by atoms with van der Waals surface area (Å²) < 4.78 is 33.3. The van der Waals surface area contributed by atoms with Crippen LogP contribution in [-0.4, -0.2) is 30.7 Å². The van der Waals surface area contributed by atoms with E-state index in [-0.39, 0.29) is 17.1 Å². The molecule has 0 saturated carbocycles. The molecule has 1 heterocycles. The van der Waals surface area contributed by atoms with E-state index in [4.69, 9.17) is 27.9 Å². The van der Waals surface area contributed by atoms with E-state index in [9.17, 15) is 18.4 Å². The first-order valence-corrected chi connectivity index (χ1v) is 9.87. The van der Waals surface area contributed by atoms with Crippen molar-refractivity contribution in [2.75, 3.05) is 16.8 Å². The van der Waals surface area contributed by atoms with Crippen molar-refractivity contribution in [2.45, 2.75) is 38.8 Å². The number of fused-ring (bicyclic) bond motifs is 1. The topological polar surface area (TPSA) is 49.9 Å². The van der Waals surface area contributed by atoms with Crippen molar-refractivity contribution in [3.8, 4) is 0 Å². The third-order valence-electron chi connectivity index (χ3n) is 4.58. The summed E-state index contributed by atoms with van der Waals surface area (Å²) in [4.78, 5) is 28.4. The van der Waals surface area contributed by atoms with Crippen LogP contribution in [0.15, 0.2) is 30.3 Å². The number of amides is 2. The van der Waals surface area contributed by atoms with Crippen molar-refractivity contribution >= 4 is 46.6 Å². The maximum absolute atomic E-state index is 14.3. The highest BCUT2D eigenvalue weighted by Gasteiger charge is 2.42. The van der Waals surface area contributed by atoms with Crippen LogP contribution in [0, 0.1) is 11.6 Å². The van der Waals surface area contributed by atoms with Gasteiger partial charge in [0.1, 0.15) is 23.3 Å². The minimum Gasteiger partial charge on any atom is -0.443 e. The summed E-state index contributed by atoms with van der Waals surface area (Å²) >= 11 is 11.8. The highest BCUT2D eigenvalue weighted by molar-refractivity contribution is 6.31. The Kier molecular flexibility index (Phi) is 5.98. The second-order valence-corrected chi connectivity index (χ2v) is 8.80. The second-order valence-electron chi connectivity index (χ2n) is 7.96. The zero-order valence-electron chi connectivity index (χ0n) is 16.8. The van der Waals surface area contributed by atoms with E-state index in [1.165, 1.54) is 11.9 Å². The molecule has 2 amide bonds. The normalized spacial score (nSPS) is 15.7. The summed E-state index contributed by atoms with van der Waals surface area (Å²) in [7, 11) is 1.33. The van der Waals surface area contributed by atoms with E-state index in [1.54, 1.807) is 39.0 Å². The Morgan fingerprint density at radius 1 is 1.13 bits per heavy atom. The quantitative estimate of drug-likeness (QED) is 0.552. The molecule has 1 unspecified atom stereocenters. The number of anilines is 2. The molecule has 0 spiro atoms. The summed E-state index contributed by atoms with van der Waals surface area (Å²) in [6.45, 7) is 5.13. The predicted molar refractivity (Wildman–Crippen MR) is 112 cm³/mol. The van der Waals surface area contributed by atoms with Gasteiger partial charge in [-0.15, -0.1) is 0 Å². The van der Waals surface area contributed by atoms with Crippen LogP contribution in [0.1, 0.15) is 26.3 Å². The highest BCUT2D eigenvalue weighted by Crippen LogP contribution is 2.37. The van der Waals surface area contributed by atoms with Gasteiger partial charge in [0.15, 0.2) is 0 Å². The Bertz CT molecular complexity index is 1020. The first-order valence-electron chi connectivity index (χ1n) is 9.12. The fraction of sp³-hybridized carbons (Fsp3) is 0.333. The van der Waals surface area contributed by atoms with Crippen molar-refractivity contribution in [1.82, 2.24) is 0 Å². The van der Waals surface area contributed by atoms with E-state index in [0.29, 0.717) is 22.3 Å². The van der Waals surface area contributed by atoms with Crippen LogP contribution in [0.2, 0.25) is 10.0 Å². The van der Waals surface area contributed by atoms with Crippen LogP contribution in [-0.2, 0) is 16.0 Å². The number of benzene rings is 2. The van der Waals surface area contributed by atoms with Gasteiger partial charge in [-0.1, -0.05) is 23.2 Å². The lowest BCUT2D eigenvalue weighted by Gasteiger charge is -2.30. The van der Waals surface area contributed by atoms with Crippen LogP contribution in [0.3, 0.4) is 0 Å². The molecule has 5 nitrogen and oxygen atoms in total. The fourth-order valence-electron chi connectivity index (χ4n) is 3.27. The SMILES string of the molecule is CN(C(=O)C1Cc2cc(Cl)ccc2N1C(=O)OC(C)(C)C)c1cc(Cl)c(F)cc1F. The minimum atomic E-state index is -0.999. The lowest BCUT2D eigenvalue weighted by molar-refractivity contribution is -0.119. The molecule has 0 N–H and O–H groups in total. The van der Waals surface area contributed by atoms with Crippen LogP contribution in [0.4, 0.5) is 25.0 Å². The number of nitrogens with zero attached hydrogens (tertiary/aromatic N) is 2. The third-order valence-corrected chi connectivity index (χ3v) is 5.11. The minimum absolute atomic E-state index is 0.162. The molecule has 2 aromatic rings. The molecule has 1 atom stereocenters. The average Bonchev–Trinajstić information content (AvgIpc) is 3.00. The molecule has 160 valence electrons. The highest BCUT2D eigenvalue weighted by atomic mass is 35.5. The van der Waals surface area contributed by atoms with Crippen molar-refractivity contribution < 1.29 is 23.1 Å². The summed E-state index contributed by atoms with van der Waals surface area (Å²) in [6, 6.07) is 5.54. The maximum atomic E-state index is 14.3. The van der Waals surface area contributed by atoms with Gasteiger partial charge in [-0.2, -0.15) is 0 Å². The zero-order valence-corrected chi connectivity index (χ0v) is 18.3. The first-order chi connectivity index (χ1) is 13.9. The smallest absolute Gasteiger partial charge is 0.415 e. The monoisotopic (exact) mass is 456 g/mol. The zero-order chi connectivity index (χ0) is 22.4. The molecule has 0 saturated heterocycles. The van der Waals surface area contributed by atoms with Crippen molar-refractivity contribution in [3.63, 3.8) is 0 Å². The molecular weight excluding hydrogens is 437 g/mol. The van der Waals surface area contributed by atoms with Crippen molar-refractivity contribution in [3.05, 3.63) is 57.6 Å². The van der Waals surface area contributed by atoms with Gasteiger partial charge in [0, 0.05) is 24.6 Å². The van der Waals surface area contributed by atoms with E-state index in [0.717, 1.165) is 11.0 Å². The van der Waals surface area contributed by atoms with Crippen LogP contribution in [0.25, 0.3) is 0 Å². The second kappa shape index (κ2) is 8.04. The van der Waals surface area contributed by atoms with E-state index in [1.807, 2.05) is 0 Å². The summed E-state index contributed by atoms with van der Waals surface area (Å²) in [5.74, 6) is -2.47. The summed E-state index contributed by atoms with van der Waals surface area (Å²) in [5.41, 5.74) is 0.169. The van der Waals surface area contributed by atoms with Gasteiger partial charge in [-0.25, -0.2) is 13.6 Å². The van der Waals surface area contributed by atoms with Gasteiger partial charge in [-0.05, 0) is 50.6 Å². The number of likely N-dealkylation sites (N-methyl/N-ethyl adjacent to an activating group) is 1. The molecule has 0 bridgehead atoms. The first kappa shape index (κ1) is 22.3. The molecule has 1 aliphatic rings. The average molecular weight is 457 g/mol. The Balaban J connectivity index is 1.99. The van der Waals surface area contributed by atoms with Crippen LogP contribution >= 0.6 is 23.2 Å². The number of ether oxygens (including phenoxy) is 1. The fourth-order valence-corrected chi connectivity index (χ4v) is 3.62. The molecule has 0 aliphatic carbocycles. The summed E-state index contributed by atoms with van der Waals surface area (Å²) in [6.07, 6.45) is -0.553. The lowest BCUT2D eigenvalue weighted by atomic mass is 10.1. The predicted octanol–water partition coefficient (Wildman–Crippen LogP) is 5.60. The Hall–Kier alpha value is -2.38. The number of halogens is 4. The van der Waals surface area contributed by atoms with Gasteiger partial charge >= 0.3 is 6.09 Å². The Morgan fingerprint density at radius 2 is 1.80 bits per heavy atom. The largest absolute Gasteiger partial charge is 0.443 e. The van der Waals surface area contributed by atoms with Crippen molar-refractivity contribution in [2.24, 2.45) is 0 Å². The van der Waals surface area contributed by atoms with E-state index < -0.39 is 35.3 Å². The number of hydrogen-bond donors (Lipinski definition) is 0. The molecule has 0 aromatic heterocycles. The Labute approximate surface area is 183 Å². The number of hydrogen-bond acceptors (Lipinski definition) is 3. The maximum Gasteiger partial charge on any atom is 0.415 e. The Morgan fingerprint density at radius 3 is 2.43 bits per heavy atom. The number of carbonyl (C=O) groups is 2. The molecule has 3 rings (SSSR count). The molecule has 1 aliphatic heterocycles. The van der Waals surface area contributed by atoms with Crippen LogP contribution in [0.5, 0.6) is 0 Å². The summed E-state index contributed by atoms with van der Waals surface area (Å²) in [5, 5.41) is 0.132. The van der Waals surface area contributed by atoms with Gasteiger partial charge in [0.25, 0.3) is 0 Å². The van der Waals surface area contributed by atoms with E-state index >= 15 is 0 Å². The van der Waals surface area contributed by atoms with Gasteiger partial charge in [0.2, 0.25) is 5.91 Å². The number of carbonyl (C=O) groups excluding carboxylic acids is 2. The molecule has 2 aromatic carbocycles. The van der Waals surface area contributed by atoms with Gasteiger partial charge in [-0.3, -0.25) is 9.69 Å². The number of rotatable bonds is 2. The third kappa shape index (κ3) is 4.37. The molecule has 9 heteroatoms. The molecule has 30 heavy (non-hydrogen) atoms. The molecule has 0 fully saturated rings. The van der Waals surface area contributed by atoms with Crippen molar-refractivity contribution in [1.29, 1.82) is 0 Å². The van der Waals surface area contributed by atoms with E-state index in [2.05, 4.69) is 0 Å². The molecular formula is C21H20Cl2F2N2O3. The van der Waals surface area contributed by atoms with Gasteiger partial charge in [0.05, 0.1) is 16.4 Å². The molecule has 0 radical (unpaired) electrons. The van der Waals surface area contributed by atoms with Crippen LogP contribution < -0.4 is 9.80 Å².